The summed E-state index contributed by atoms with van der Waals surface area (Å²) in [5, 5.41) is 23.9. The van der Waals surface area contributed by atoms with E-state index < -0.39 is 5.60 Å². The van der Waals surface area contributed by atoms with Crippen LogP contribution >= 0.6 is 0 Å². The minimum atomic E-state index is -1.03. The number of likely N-dealkylation sites (tertiary alicyclic amines) is 1. The number of aromatic nitrogens is 4. The number of fused-ring (bicyclic) bond motifs is 1. The maximum atomic E-state index is 13.3. The summed E-state index contributed by atoms with van der Waals surface area (Å²) in [6.45, 7) is 9.24. The van der Waals surface area contributed by atoms with E-state index in [2.05, 4.69) is 46.0 Å². The van der Waals surface area contributed by atoms with Crippen molar-refractivity contribution < 1.29 is 10.2 Å². The Labute approximate surface area is 239 Å². The molecule has 2 aromatic heterocycles. The number of hydrogen-bond acceptors (Lipinski definition) is 7. The van der Waals surface area contributed by atoms with Crippen LogP contribution in [0.3, 0.4) is 0 Å². The number of aliphatic hydroxyl groups excluding tert-OH is 1. The molecular weight excluding hydrogens is 516 g/mol. The first-order valence-corrected chi connectivity index (χ1v) is 14.4. The van der Waals surface area contributed by atoms with Gasteiger partial charge in [0.2, 0.25) is 5.95 Å². The lowest BCUT2D eigenvalue weighted by molar-refractivity contribution is -0.0343. The molecule has 0 bridgehead atoms. The molecule has 9 nitrogen and oxygen atoms in total. The molecule has 0 atom stereocenters. The van der Waals surface area contributed by atoms with Gasteiger partial charge in [0.25, 0.3) is 5.56 Å². The van der Waals surface area contributed by atoms with Gasteiger partial charge in [0.1, 0.15) is 5.39 Å². The van der Waals surface area contributed by atoms with E-state index >= 15 is 0 Å². The Morgan fingerprint density at radius 2 is 1.83 bits per heavy atom. The SMILES string of the molecule is C=CCn1c(=O)c2cnc(Nc3ccc(C4CCC(N5CC(O)C5)CC4)cc3)nc2n1-c1cccc(C(C)(C)O)c1. The van der Waals surface area contributed by atoms with Crippen molar-refractivity contribution in [3.63, 3.8) is 0 Å². The minimum absolute atomic E-state index is 0.137. The Balaban J connectivity index is 1.24. The topological polar surface area (TPSA) is 108 Å². The van der Waals surface area contributed by atoms with Crippen molar-refractivity contribution in [3.05, 3.63) is 88.9 Å². The molecule has 3 heterocycles. The third kappa shape index (κ3) is 5.45. The van der Waals surface area contributed by atoms with Gasteiger partial charge in [-0.25, -0.2) is 14.3 Å². The summed E-state index contributed by atoms with van der Waals surface area (Å²) in [5.74, 6) is 0.948. The maximum Gasteiger partial charge on any atom is 0.278 e. The Bertz CT molecular complexity index is 1600. The zero-order chi connectivity index (χ0) is 28.7. The highest BCUT2D eigenvalue weighted by atomic mass is 16.3. The van der Waals surface area contributed by atoms with Crippen molar-refractivity contribution in [1.29, 1.82) is 0 Å². The van der Waals surface area contributed by atoms with Crippen LogP contribution in [0.1, 0.15) is 56.6 Å². The van der Waals surface area contributed by atoms with Crippen LogP contribution in [-0.2, 0) is 12.1 Å². The normalized spacial score (nSPS) is 20.2. The number of benzene rings is 2. The Hall–Kier alpha value is -3.79. The van der Waals surface area contributed by atoms with Gasteiger partial charge in [-0.05, 0) is 80.8 Å². The Morgan fingerprint density at radius 1 is 1.10 bits per heavy atom. The smallest absolute Gasteiger partial charge is 0.278 e. The number of rotatable bonds is 8. The number of aliphatic hydroxyl groups is 2. The number of anilines is 2. The van der Waals surface area contributed by atoms with Crippen LogP contribution in [0.25, 0.3) is 16.7 Å². The van der Waals surface area contributed by atoms with Gasteiger partial charge in [0, 0.05) is 31.0 Å². The first kappa shape index (κ1) is 27.4. The second-order valence-electron chi connectivity index (χ2n) is 11.9. The van der Waals surface area contributed by atoms with Gasteiger partial charge in [-0.1, -0.05) is 30.3 Å². The number of nitrogens with one attached hydrogen (secondary N) is 1. The first-order valence-electron chi connectivity index (χ1n) is 14.4. The van der Waals surface area contributed by atoms with E-state index in [1.807, 2.05) is 24.3 Å². The summed E-state index contributed by atoms with van der Waals surface area (Å²) in [6.07, 6.45) is 7.78. The maximum absolute atomic E-state index is 13.3. The number of hydrogen-bond donors (Lipinski definition) is 3. The van der Waals surface area contributed by atoms with Crippen LogP contribution in [0.4, 0.5) is 11.6 Å². The molecule has 3 N–H and O–H groups in total. The zero-order valence-electron chi connectivity index (χ0n) is 23.7. The number of allylic oxidation sites excluding steroid dienone is 1. The fourth-order valence-electron chi connectivity index (χ4n) is 6.18. The first-order chi connectivity index (χ1) is 19.7. The fourth-order valence-corrected chi connectivity index (χ4v) is 6.18. The largest absolute Gasteiger partial charge is 0.390 e. The molecule has 1 saturated heterocycles. The monoisotopic (exact) mass is 554 g/mol. The van der Waals surface area contributed by atoms with Crippen molar-refractivity contribution in [1.82, 2.24) is 24.2 Å². The van der Waals surface area contributed by atoms with Gasteiger partial charge >= 0.3 is 0 Å². The van der Waals surface area contributed by atoms with Gasteiger partial charge in [-0.3, -0.25) is 9.69 Å². The molecule has 9 heteroatoms. The van der Waals surface area contributed by atoms with Crippen molar-refractivity contribution >= 4 is 22.7 Å². The molecule has 1 aliphatic heterocycles. The summed E-state index contributed by atoms with van der Waals surface area (Å²) in [7, 11) is 0. The lowest BCUT2D eigenvalue weighted by Crippen LogP contribution is -2.55. The Kier molecular flexibility index (Phi) is 7.27. The molecule has 214 valence electrons. The third-order valence-electron chi connectivity index (χ3n) is 8.52. The second kappa shape index (κ2) is 10.9. The van der Waals surface area contributed by atoms with Crippen molar-refractivity contribution in [2.45, 2.75) is 69.7 Å². The highest BCUT2D eigenvalue weighted by Gasteiger charge is 2.33. The molecular formula is C32H38N6O3. The second-order valence-corrected chi connectivity index (χ2v) is 11.9. The molecule has 6 rings (SSSR count). The molecule has 2 aliphatic rings. The van der Waals surface area contributed by atoms with Crippen LogP contribution in [0.5, 0.6) is 0 Å². The van der Waals surface area contributed by atoms with Gasteiger partial charge in [0.15, 0.2) is 5.65 Å². The summed E-state index contributed by atoms with van der Waals surface area (Å²) in [4.78, 5) is 24.9. The predicted molar refractivity (Wildman–Crippen MR) is 161 cm³/mol. The van der Waals surface area contributed by atoms with Crippen molar-refractivity contribution in [2.24, 2.45) is 0 Å². The van der Waals surface area contributed by atoms with Crippen LogP contribution in [0.15, 0.2) is 72.2 Å². The summed E-state index contributed by atoms with van der Waals surface area (Å²) in [6, 6.07) is 16.6. The minimum Gasteiger partial charge on any atom is -0.390 e. The lowest BCUT2D eigenvalue weighted by atomic mass is 9.80. The lowest BCUT2D eigenvalue weighted by Gasteiger charge is -2.44. The number of β-amino-alcohol motifs (C(OH)–C–C–N with tert-alkyl or cyclic N) is 1. The molecule has 41 heavy (non-hydrogen) atoms. The third-order valence-corrected chi connectivity index (χ3v) is 8.52. The average Bonchev–Trinajstić information content (AvgIpc) is 3.22. The molecule has 0 radical (unpaired) electrons. The Morgan fingerprint density at radius 3 is 2.49 bits per heavy atom. The van der Waals surface area contributed by atoms with E-state index in [4.69, 9.17) is 4.98 Å². The molecule has 2 fully saturated rings. The zero-order valence-corrected chi connectivity index (χ0v) is 23.7. The van der Waals surface area contributed by atoms with Gasteiger partial charge in [-0.15, -0.1) is 6.58 Å². The van der Waals surface area contributed by atoms with Crippen LogP contribution < -0.4 is 10.9 Å². The predicted octanol–water partition coefficient (Wildman–Crippen LogP) is 4.44. The molecule has 0 spiro atoms. The molecule has 4 aromatic rings. The molecule has 1 saturated carbocycles. The summed E-state index contributed by atoms with van der Waals surface area (Å²) in [5.41, 5.74) is 2.90. The summed E-state index contributed by atoms with van der Waals surface area (Å²) >= 11 is 0. The average molecular weight is 555 g/mol. The van der Waals surface area contributed by atoms with E-state index in [-0.39, 0.29) is 11.7 Å². The van der Waals surface area contributed by atoms with E-state index in [0.29, 0.717) is 41.2 Å². The van der Waals surface area contributed by atoms with Crippen molar-refractivity contribution in [3.8, 4) is 5.69 Å². The van der Waals surface area contributed by atoms with E-state index in [9.17, 15) is 15.0 Å². The van der Waals surface area contributed by atoms with E-state index in [1.165, 1.54) is 18.4 Å². The standard InChI is InChI=1S/C32H38N6O3/c1-4-16-37-30(40)28-18-33-31(35-29(28)38(37)26-7-5-6-23(17-26)32(2,3)41)34-24-12-8-21(9-13-24)22-10-14-25(15-11-22)36-19-27(39)20-36/h4-9,12-13,17-18,22,25,27,39,41H,1,10-11,14-16,19-20H2,2-3H3,(H,33,34,35). The highest BCUT2D eigenvalue weighted by Crippen LogP contribution is 2.36. The molecule has 0 amide bonds. The molecule has 2 aromatic carbocycles. The van der Waals surface area contributed by atoms with Crippen LogP contribution in [-0.4, -0.2) is 59.7 Å². The van der Waals surface area contributed by atoms with Gasteiger partial charge in [0.05, 0.1) is 23.9 Å². The molecule has 1 aliphatic carbocycles. The van der Waals surface area contributed by atoms with Gasteiger partial charge < -0.3 is 15.5 Å². The highest BCUT2D eigenvalue weighted by molar-refractivity contribution is 5.77. The van der Waals surface area contributed by atoms with Crippen LogP contribution in [0, 0.1) is 0 Å². The van der Waals surface area contributed by atoms with E-state index in [1.54, 1.807) is 35.5 Å². The van der Waals surface area contributed by atoms with Crippen molar-refractivity contribution in [2.75, 3.05) is 18.4 Å². The van der Waals surface area contributed by atoms with Gasteiger partial charge in [-0.2, -0.15) is 4.98 Å². The molecule has 0 unspecified atom stereocenters. The van der Waals surface area contributed by atoms with E-state index in [0.717, 1.165) is 37.2 Å². The fraction of sp³-hybridized carbons (Fsp3) is 0.406. The number of nitrogens with zero attached hydrogens (tertiary/aromatic N) is 5. The quantitative estimate of drug-likeness (QED) is 0.276. The van der Waals surface area contributed by atoms with Crippen LogP contribution in [0.2, 0.25) is 0 Å². The summed E-state index contributed by atoms with van der Waals surface area (Å²) < 4.78 is 3.34.